The third kappa shape index (κ3) is 6.63. The molecule has 66 heavy (non-hydrogen) atoms. The van der Waals surface area contributed by atoms with Gasteiger partial charge in [-0.1, -0.05) is 153 Å². The van der Waals surface area contributed by atoms with Crippen molar-refractivity contribution in [2.75, 3.05) is 9.71 Å². The Labute approximate surface area is 391 Å². The molecule has 0 bridgehead atoms. The first-order valence-electron chi connectivity index (χ1n) is 23.7. The fourth-order valence-electron chi connectivity index (χ4n) is 10.8. The molecule has 0 saturated heterocycles. The highest BCUT2D eigenvalue weighted by atomic mass is 16.3. The van der Waals surface area contributed by atoms with Gasteiger partial charge in [0.15, 0.2) is 0 Å². The molecule has 0 spiro atoms. The predicted molar refractivity (Wildman–Crippen MR) is 284 cm³/mol. The van der Waals surface area contributed by atoms with Gasteiger partial charge in [-0.3, -0.25) is 0 Å². The molecule has 0 fully saturated rings. The maximum absolute atomic E-state index is 7.20. The summed E-state index contributed by atoms with van der Waals surface area (Å²) >= 11 is 0. The topological polar surface area (TPSA) is 19.6 Å². The molecule has 2 aliphatic heterocycles. The number of rotatable bonds is 4. The van der Waals surface area contributed by atoms with Crippen molar-refractivity contribution in [3.8, 4) is 33.4 Å². The van der Waals surface area contributed by atoms with Gasteiger partial charge < -0.3 is 14.1 Å². The summed E-state index contributed by atoms with van der Waals surface area (Å²) in [5, 5.41) is 2.26. The maximum atomic E-state index is 7.20. The minimum absolute atomic E-state index is 0.0151. The standard InChI is InChI=1S/C62H59BN2O/c1-38-18-17-19-39(2)56(38)41-34-50-49-37-44(62(9,10)11)27-32-52(49)65(45-28-24-42(25-29-45)60(3,4)5)63-57(50)54(35-41)64(53-33-30-47-46-22-15-16-23-55(46)66-59(47)58(53)63)51-31-26-43(61(6,7)8)36-48(51)40-20-13-12-14-21-40/h12-37H,1-11H3. The normalized spacial score (nSPS) is 13.6. The zero-order valence-electron chi connectivity index (χ0n) is 40.4. The quantitative estimate of drug-likeness (QED) is 0.164. The Morgan fingerprint density at radius 3 is 1.68 bits per heavy atom. The molecule has 1 aromatic heterocycles. The van der Waals surface area contributed by atoms with Crippen LogP contribution >= 0.6 is 0 Å². The second kappa shape index (κ2) is 14.9. The van der Waals surface area contributed by atoms with Gasteiger partial charge in [-0.15, -0.1) is 0 Å². The fraction of sp³-hybridized carbons (Fsp3) is 0.226. The Balaban J connectivity index is 1.33. The van der Waals surface area contributed by atoms with Crippen LogP contribution in [0.5, 0.6) is 0 Å². The van der Waals surface area contributed by atoms with Crippen molar-refractivity contribution in [2.24, 2.45) is 0 Å². The van der Waals surface area contributed by atoms with E-state index >= 15 is 0 Å². The Kier molecular flexibility index (Phi) is 9.44. The number of hydrogen-bond acceptors (Lipinski definition) is 3. The average molecular weight is 859 g/mol. The van der Waals surface area contributed by atoms with Crippen molar-refractivity contribution >= 4 is 68.1 Å². The van der Waals surface area contributed by atoms with E-state index in [-0.39, 0.29) is 23.1 Å². The number of hydrogen-bond donors (Lipinski definition) is 0. The molecule has 0 N–H and O–H groups in total. The summed E-state index contributed by atoms with van der Waals surface area (Å²) in [4.78, 5) is 5.21. The molecule has 4 heteroatoms. The van der Waals surface area contributed by atoms with Gasteiger partial charge in [0.1, 0.15) is 11.2 Å². The highest BCUT2D eigenvalue weighted by Gasteiger charge is 2.48. The van der Waals surface area contributed by atoms with Crippen LogP contribution in [0.2, 0.25) is 0 Å². The first kappa shape index (κ1) is 41.9. The van der Waals surface area contributed by atoms with Crippen LogP contribution in [0.3, 0.4) is 0 Å². The number of fused-ring (bicyclic) bond motifs is 8. The first-order chi connectivity index (χ1) is 31.5. The molecule has 11 rings (SSSR count). The molecular formula is C62H59BN2O. The number of para-hydroxylation sites is 1. The summed E-state index contributed by atoms with van der Waals surface area (Å²) in [6.07, 6.45) is 0. The van der Waals surface area contributed by atoms with Gasteiger partial charge >= 0.3 is 6.85 Å². The first-order valence-corrected chi connectivity index (χ1v) is 23.7. The smallest absolute Gasteiger partial charge is 0.336 e. The SMILES string of the molecule is Cc1cccc(C)c1-c1cc2c3c(c1)N(c1ccc(C(C)(C)C)cc1-c1ccccc1)c1ccc4c(oc5ccccc54)c1B3N(c1ccc(C(C)(C)C)cc1)c1ccc(C(C)(C)C)cc1-2. The van der Waals surface area contributed by atoms with Crippen molar-refractivity contribution in [1.29, 1.82) is 0 Å². The Morgan fingerprint density at radius 2 is 1.02 bits per heavy atom. The Bertz CT molecular complexity index is 3370. The molecule has 0 saturated carbocycles. The molecular weight excluding hydrogens is 800 g/mol. The van der Waals surface area contributed by atoms with Gasteiger partial charge in [0.25, 0.3) is 0 Å². The lowest BCUT2D eigenvalue weighted by atomic mass is 9.43. The van der Waals surface area contributed by atoms with Crippen LogP contribution in [0.4, 0.5) is 28.4 Å². The van der Waals surface area contributed by atoms with Crippen molar-refractivity contribution in [3.05, 3.63) is 186 Å². The number of furan rings is 1. The number of aryl methyl sites for hydroxylation is 2. The number of benzene rings is 8. The highest BCUT2D eigenvalue weighted by molar-refractivity contribution is 6.95. The molecule has 0 atom stereocenters. The third-order valence-corrected chi connectivity index (χ3v) is 14.4. The lowest BCUT2D eigenvalue weighted by Crippen LogP contribution is -2.61. The van der Waals surface area contributed by atoms with Gasteiger partial charge in [-0.2, -0.15) is 0 Å². The Hall–Kier alpha value is -6.78. The largest absolute Gasteiger partial charge is 0.456 e. The van der Waals surface area contributed by atoms with E-state index in [1.807, 2.05) is 0 Å². The number of nitrogens with zero attached hydrogens (tertiary/aromatic N) is 2. The lowest BCUT2D eigenvalue weighted by Gasteiger charge is -2.46. The molecule has 3 heterocycles. The predicted octanol–water partition coefficient (Wildman–Crippen LogP) is 16.1. The van der Waals surface area contributed by atoms with Crippen LogP contribution < -0.4 is 20.6 Å². The van der Waals surface area contributed by atoms with E-state index in [0.29, 0.717) is 0 Å². The maximum Gasteiger partial charge on any atom is 0.336 e. The van der Waals surface area contributed by atoms with Crippen molar-refractivity contribution in [1.82, 2.24) is 0 Å². The number of anilines is 5. The minimum Gasteiger partial charge on any atom is -0.456 e. The second-order valence-electron chi connectivity index (χ2n) is 21.9. The van der Waals surface area contributed by atoms with E-state index in [2.05, 4.69) is 244 Å². The second-order valence-corrected chi connectivity index (χ2v) is 21.9. The summed E-state index contributed by atoms with van der Waals surface area (Å²) < 4.78 is 7.20. The molecule has 0 radical (unpaired) electrons. The van der Waals surface area contributed by atoms with Crippen molar-refractivity contribution in [3.63, 3.8) is 0 Å². The van der Waals surface area contributed by atoms with E-state index in [9.17, 15) is 0 Å². The molecule has 3 nitrogen and oxygen atoms in total. The van der Waals surface area contributed by atoms with Gasteiger partial charge in [0.2, 0.25) is 0 Å². The molecule has 0 unspecified atom stereocenters. The van der Waals surface area contributed by atoms with Crippen LogP contribution in [0.1, 0.15) is 90.1 Å². The van der Waals surface area contributed by atoms with Gasteiger partial charge in [-0.05, 0) is 152 Å². The molecule has 2 aliphatic rings. The molecule has 0 amide bonds. The van der Waals surface area contributed by atoms with Gasteiger partial charge in [0, 0.05) is 50.1 Å². The summed E-state index contributed by atoms with van der Waals surface area (Å²) in [7, 11) is 0. The van der Waals surface area contributed by atoms with Gasteiger partial charge in [0.05, 0.1) is 5.69 Å². The monoisotopic (exact) mass is 858 g/mol. The van der Waals surface area contributed by atoms with E-state index in [1.54, 1.807) is 0 Å². The molecule has 0 aliphatic carbocycles. The minimum atomic E-state index is -0.222. The van der Waals surface area contributed by atoms with E-state index in [4.69, 9.17) is 4.42 Å². The Morgan fingerprint density at radius 1 is 0.424 bits per heavy atom. The van der Waals surface area contributed by atoms with Crippen LogP contribution in [0.15, 0.2) is 162 Å². The van der Waals surface area contributed by atoms with E-state index in [0.717, 1.165) is 39.0 Å². The van der Waals surface area contributed by atoms with Gasteiger partial charge in [-0.25, -0.2) is 0 Å². The van der Waals surface area contributed by atoms with E-state index < -0.39 is 0 Å². The van der Waals surface area contributed by atoms with Crippen molar-refractivity contribution in [2.45, 2.75) is 92.4 Å². The van der Waals surface area contributed by atoms with E-state index in [1.165, 1.54) is 83.5 Å². The summed E-state index contributed by atoms with van der Waals surface area (Å²) in [5.41, 5.74) is 23.8. The molecule has 326 valence electrons. The van der Waals surface area contributed by atoms with Crippen molar-refractivity contribution < 1.29 is 4.42 Å². The van der Waals surface area contributed by atoms with Crippen LogP contribution in [-0.4, -0.2) is 6.85 Å². The lowest BCUT2D eigenvalue weighted by molar-refractivity contribution is 0.590. The third-order valence-electron chi connectivity index (χ3n) is 14.4. The van der Waals surface area contributed by atoms with Crippen LogP contribution in [0.25, 0.3) is 55.3 Å². The fourth-order valence-corrected chi connectivity index (χ4v) is 10.8. The highest BCUT2D eigenvalue weighted by Crippen LogP contribution is 2.52. The molecule has 8 aromatic carbocycles. The van der Waals surface area contributed by atoms with Crippen LogP contribution in [0, 0.1) is 13.8 Å². The zero-order valence-corrected chi connectivity index (χ0v) is 40.4. The summed E-state index contributed by atoms with van der Waals surface area (Å²) in [6, 6.07) is 59.7. The summed E-state index contributed by atoms with van der Waals surface area (Å²) in [6.45, 7) is 25.1. The average Bonchev–Trinajstić information content (AvgIpc) is 3.67. The zero-order chi connectivity index (χ0) is 46.0. The van der Waals surface area contributed by atoms with Crippen LogP contribution in [-0.2, 0) is 16.2 Å². The summed E-state index contributed by atoms with van der Waals surface area (Å²) in [5.74, 6) is 0. The molecule has 9 aromatic rings.